The van der Waals surface area contributed by atoms with E-state index in [4.69, 9.17) is 9.15 Å². The molecule has 3 heterocycles. The molecule has 0 spiro atoms. The molecule has 25 heavy (non-hydrogen) atoms. The highest BCUT2D eigenvalue weighted by Crippen LogP contribution is 2.23. The Labute approximate surface area is 146 Å². The summed E-state index contributed by atoms with van der Waals surface area (Å²) in [5, 5.41) is 0.0579. The molecule has 0 aromatic carbocycles. The Bertz CT molecular complexity index is 1060. The van der Waals surface area contributed by atoms with Crippen LogP contribution in [0, 0.1) is 20.8 Å². The van der Waals surface area contributed by atoms with Crippen LogP contribution in [0.2, 0.25) is 0 Å². The number of aryl methyl sites for hydroxylation is 4. The van der Waals surface area contributed by atoms with E-state index in [9.17, 15) is 14.4 Å². The van der Waals surface area contributed by atoms with Crippen LogP contribution in [0.4, 0.5) is 0 Å². The normalized spacial score (nSPS) is 11.0. The molecule has 0 unspecified atom stereocenters. The van der Waals surface area contributed by atoms with Crippen molar-refractivity contribution in [2.75, 3.05) is 6.61 Å². The van der Waals surface area contributed by atoms with Gasteiger partial charge in [-0.2, -0.15) is 0 Å². The van der Waals surface area contributed by atoms with Gasteiger partial charge in [0.05, 0.1) is 0 Å². The van der Waals surface area contributed by atoms with E-state index in [1.807, 2.05) is 13.8 Å². The van der Waals surface area contributed by atoms with Gasteiger partial charge in [0.15, 0.2) is 6.61 Å². The fraction of sp³-hybridized carbons (Fsp3) is 0.294. The number of ether oxygens (including phenoxy) is 1. The highest BCUT2D eigenvalue weighted by Gasteiger charge is 2.24. The number of aromatic nitrogens is 2. The molecule has 0 saturated carbocycles. The zero-order valence-electron chi connectivity index (χ0n) is 14.2. The summed E-state index contributed by atoms with van der Waals surface area (Å²) in [4.78, 5) is 42.8. The minimum Gasteiger partial charge on any atom is -0.454 e. The second-order valence-electron chi connectivity index (χ2n) is 5.70. The summed E-state index contributed by atoms with van der Waals surface area (Å²) in [7, 11) is 1.53. The molecule has 0 N–H and O–H groups in total. The van der Waals surface area contributed by atoms with Crippen LogP contribution < -0.4 is 5.56 Å². The van der Waals surface area contributed by atoms with Gasteiger partial charge in [0.1, 0.15) is 23.0 Å². The van der Waals surface area contributed by atoms with Crippen molar-refractivity contribution >= 4 is 34.2 Å². The van der Waals surface area contributed by atoms with E-state index in [2.05, 4.69) is 4.98 Å². The number of nitrogens with zero attached hydrogens (tertiary/aromatic N) is 2. The van der Waals surface area contributed by atoms with E-state index in [0.29, 0.717) is 5.56 Å². The van der Waals surface area contributed by atoms with E-state index < -0.39 is 18.1 Å². The molecule has 3 rings (SSSR count). The number of rotatable bonds is 4. The lowest BCUT2D eigenvalue weighted by atomic mass is 10.1. The predicted octanol–water partition coefficient (Wildman–Crippen LogP) is 2.55. The van der Waals surface area contributed by atoms with Crippen molar-refractivity contribution in [3.63, 3.8) is 0 Å². The molecule has 0 fully saturated rings. The van der Waals surface area contributed by atoms with E-state index in [1.54, 1.807) is 13.0 Å². The Hall–Kier alpha value is -2.74. The summed E-state index contributed by atoms with van der Waals surface area (Å²) < 4.78 is 11.7. The van der Waals surface area contributed by atoms with E-state index in [0.717, 1.165) is 9.75 Å². The van der Waals surface area contributed by atoms with Crippen LogP contribution in [-0.4, -0.2) is 27.9 Å². The number of furan rings is 1. The van der Waals surface area contributed by atoms with Gasteiger partial charge >= 0.3 is 5.97 Å². The maximum Gasteiger partial charge on any atom is 0.343 e. The van der Waals surface area contributed by atoms with Crippen molar-refractivity contribution in [1.82, 2.24) is 9.55 Å². The third-order valence-corrected chi connectivity index (χ3v) is 4.79. The van der Waals surface area contributed by atoms with Gasteiger partial charge in [-0.1, -0.05) is 0 Å². The lowest BCUT2D eigenvalue weighted by molar-refractivity contribution is 0.0474. The fourth-order valence-corrected chi connectivity index (χ4v) is 3.56. The molecular weight excluding hydrogens is 344 g/mol. The average molecular weight is 360 g/mol. The fourth-order valence-electron chi connectivity index (χ4n) is 2.62. The Morgan fingerprint density at radius 3 is 2.68 bits per heavy atom. The second kappa shape index (κ2) is 6.29. The van der Waals surface area contributed by atoms with Gasteiger partial charge in [0.2, 0.25) is 11.5 Å². The number of carbonyl (C=O) groups excluding carboxylic acids is 2. The maximum atomic E-state index is 12.4. The minimum atomic E-state index is -0.778. The Kier molecular flexibility index (Phi) is 4.30. The topological polar surface area (TPSA) is 91.4 Å². The van der Waals surface area contributed by atoms with Crippen LogP contribution in [0.25, 0.3) is 11.1 Å². The molecule has 0 bridgehead atoms. The second-order valence-corrected chi connectivity index (χ2v) is 7.16. The standard InChI is InChI=1S/C17H16N2O5S/c1-8-5-11(10(3)25-8)12(20)6-23-17(22)13-9(2)24-15-14(13)16(21)19(4)7-18-15/h5,7H,6H2,1-4H3. The Morgan fingerprint density at radius 2 is 2.04 bits per heavy atom. The van der Waals surface area contributed by atoms with E-state index >= 15 is 0 Å². The molecule has 0 saturated heterocycles. The van der Waals surface area contributed by atoms with Crippen LogP contribution in [0.3, 0.4) is 0 Å². The smallest absolute Gasteiger partial charge is 0.343 e. The van der Waals surface area contributed by atoms with Gasteiger partial charge in [0.25, 0.3) is 5.56 Å². The van der Waals surface area contributed by atoms with Gasteiger partial charge < -0.3 is 13.7 Å². The lowest BCUT2D eigenvalue weighted by Crippen LogP contribution is -2.20. The van der Waals surface area contributed by atoms with Gasteiger partial charge in [-0.15, -0.1) is 11.3 Å². The number of ketones is 1. The first-order valence-corrected chi connectivity index (χ1v) is 8.33. The first-order valence-electron chi connectivity index (χ1n) is 7.51. The molecule has 0 aliphatic carbocycles. The van der Waals surface area contributed by atoms with Crippen molar-refractivity contribution in [3.8, 4) is 0 Å². The number of carbonyl (C=O) groups is 2. The molecular formula is C17H16N2O5S. The Morgan fingerprint density at radius 1 is 1.32 bits per heavy atom. The van der Waals surface area contributed by atoms with Crippen molar-refractivity contribution in [3.05, 3.63) is 49.4 Å². The molecule has 0 aliphatic heterocycles. The highest BCUT2D eigenvalue weighted by molar-refractivity contribution is 7.12. The number of hydrogen-bond donors (Lipinski definition) is 0. The quantitative estimate of drug-likeness (QED) is 0.524. The van der Waals surface area contributed by atoms with Gasteiger partial charge in [0, 0.05) is 22.4 Å². The monoisotopic (exact) mass is 360 g/mol. The molecule has 8 heteroatoms. The number of fused-ring (bicyclic) bond motifs is 1. The van der Waals surface area contributed by atoms with Crippen molar-refractivity contribution in [1.29, 1.82) is 0 Å². The van der Waals surface area contributed by atoms with E-state index in [-0.39, 0.29) is 28.2 Å². The summed E-state index contributed by atoms with van der Waals surface area (Å²) >= 11 is 1.51. The molecule has 0 radical (unpaired) electrons. The van der Waals surface area contributed by atoms with Crippen molar-refractivity contribution in [2.24, 2.45) is 7.05 Å². The zero-order chi connectivity index (χ0) is 18.3. The molecule has 7 nitrogen and oxygen atoms in total. The van der Waals surface area contributed by atoms with Crippen LogP contribution in [0.1, 0.15) is 36.2 Å². The molecule has 0 aliphatic rings. The average Bonchev–Trinajstić information content (AvgIpc) is 3.07. The number of thiophene rings is 1. The molecule has 0 atom stereocenters. The van der Waals surface area contributed by atoms with Crippen molar-refractivity contribution < 1.29 is 18.7 Å². The minimum absolute atomic E-state index is 0.00900. The molecule has 130 valence electrons. The van der Waals surface area contributed by atoms with Crippen LogP contribution in [0.5, 0.6) is 0 Å². The first kappa shape index (κ1) is 17.1. The summed E-state index contributed by atoms with van der Waals surface area (Å²) in [5.74, 6) is -0.836. The lowest BCUT2D eigenvalue weighted by Gasteiger charge is -2.04. The number of esters is 1. The van der Waals surface area contributed by atoms with Gasteiger partial charge in [-0.3, -0.25) is 9.59 Å². The van der Waals surface area contributed by atoms with Crippen molar-refractivity contribution in [2.45, 2.75) is 20.8 Å². The van der Waals surface area contributed by atoms with Crippen LogP contribution >= 0.6 is 11.3 Å². The summed E-state index contributed by atoms with van der Waals surface area (Å²) in [6.45, 7) is 4.90. The molecule has 3 aromatic rings. The third kappa shape index (κ3) is 3.00. The van der Waals surface area contributed by atoms with Gasteiger partial charge in [-0.05, 0) is 26.8 Å². The maximum absolute atomic E-state index is 12.4. The largest absolute Gasteiger partial charge is 0.454 e. The molecule has 3 aromatic heterocycles. The molecule has 0 amide bonds. The first-order chi connectivity index (χ1) is 11.8. The number of hydrogen-bond acceptors (Lipinski definition) is 7. The summed E-state index contributed by atoms with van der Waals surface area (Å²) in [5.41, 5.74) is 0.212. The third-order valence-electron chi connectivity index (χ3n) is 3.83. The highest BCUT2D eigenvalue weighted by atomic mass is 32.1. The van der Waals surface area contributed by atoms with Crippen LogP contribution in [0.15, 0.2) is 21.6 Å². The zero-order valence-corrected chi connectivity index (χ0v) is 15.0. The summed E-state index contributed by atoms with van der Waals surface area (Å²) in [6.07, 6.45) is 1.31. The van der Waals surface area contributed by atoms with E-state index in [1.165, 1.54) is 29.3 Å². The summed E-state index contributed by atoms with van der Waals surface area (Å²) in [6, 6.07) is 1.77. The Balaban J connectivity index is 1.87. The predicted molar refractivity (Wildman–Crippen MR) is 92.4 cm³/mol. The SMILES string of the molecule is Cc1cc(C(=O)COC(=O)c2c(C)oc3ncn(C)c(=O)c23)c(C)s1. The van der Waals surface area contributed by atoms with Gasteiger partial charge in [-0.25, -0.2) is 9.78 Å². The number of Topliss-reactive ketones (excluding diaryl/α,β-unsaturated/α-hetero) is 1. The van der Waals surface area contributed by atoms with Crippen LogP contribution in [-0.2, 0) is 11.8 Å².